The molecular formula is C15H18BrNO3. The largest absolute Gasteiger partial charge is 0.491 e. The fourth-order valence-electron chi connectivity index (χ4n) is 1.34. The summed E-state index contributed by atoms with van der Waals surface area (Å²) in [4.78, 5) is 11.4. The lowest BCUT2D eigenvalue weighted by atomic mass is 10.2. The van der Waals surface area contributed by atoms with Gasteiger partial charge in [-0.15, -0.1) is 6.42 Å². The van der Waals surface area contributed by atoms with Crippen molar-refractivity contribution in [3.63, 3.8) is 0 Å². The Morgan fingerprint density at radius 1 is 1.45 bits per heavy atom. The van der Waals surface area contributed by atoms with Crippen molar-refractivity contribution in [2.24, 2.45) is 0 Å². The molecule has 0 fully saturated rings. The second-order valence-corrected chi connectivity index (χ2v) is 5.92. The lowest BCUT2D eigenvalue weighted by Crippen LogP contribution is -2.34. The van der Waals surface area contributed by atoms with Crippen molar-refractivity contribution in [2.45, 2.75) is 26.4 Å². The number of alkyl carbamates (subject to hydrolysis) is 1. The maximum Gasteiger partial charge on any atom is 0.407 e. The third-order valence-electron chi connectivity index (χ3n) is 2.13. The van der Waals surface area contributed by atoms with E-state index in [1.165, 1.54) is 0 Å². The number of halogens is 1. The first-order valence-electron chi connectivity index (χ1n) is 6.17. The van der Waals surface area contributed by atoms with E-state index in [0.717, 1.165) is 10.0 Å². The zero-order valence-electron chi connectivity index (χ0n) is 11.8. The number of hydrogen-bond donors (Lipinski definition) is 1. The van der Waals surface area contributed by atoms with Crippen LogP contribution in [0.3, 0.4) is 0 Å². The Bertz CT molecular complexity index is 515. The van der Waals surface area contributed by atoms with Gasteiger partial charge in [0.2, 0.25) is 0 Å². The second kappa shape index (κ2) is 7.20. The van der Waals surface area contributed by atoms with Gasteiger partial charge < -0.3 is 14.8 Å². The molecule has 0 unspecified atom stereocenters. The standard InChI is InChI=1S/C15H18BrNO3/c1-5-11-6-7-13(12(16)10-11)19-9-8-17-14(18)20-15(2,3)4/h1,6-7,10H,8-9H2,2-4H3,(H,17,18). The number of carbonyl (C=O) groups is 1. The van der Waals surface area contributed by atoms with Gasteiger partial charge in [-0.25, -0.2) is 4.79 Å². The number of terminal acetylenes is 1. The highest BCUT2D eigenvalue weighted by molar-refractivity contribution is 9.10. The fraction of sp³-hybridized carbons (Fsp3) is 0.400. The molecule has 0 aliphatic heterocycles. The minimum absolute atomic E-state index is 0.341. The van der Waals surface area contributed by atoms with Crippen LogP contribution in [-0.4, -0.2) is 24.8 Å². The van der Waals surface area contributed by atoms with Crippen LogP contribution in [0.15, 0.2) is 22.7 Å². The van der Waals surface area contributed by atoms with Gasteiger partial charge in [-0.1, -0.05) is 5.92 Å². The van der Waals surface area contributed by atoms with E-state index in [1.54, 1.807) is 18.2 Å². The van der Waals surface area contributed by atoms with Gasteiger partial charge in [-0.2, -0.15) is 0 Å². The van der Waals surface area contributed by atoms with Crippen molar-refractivity contribution in [3.05, 3.63) is 28.2 Å². The normalized spacial score (nSPS) is 10.6. The maximum absolute atomic E-state index is 11.4. The number of amides is 1. The van der Waals surface area contributed by atoms with Crippen molar-refractivity contribution in [2.75, 3.05) is 13.2 Å². The van der Waals surface area contributed by atoms with E-state index < -0.39 is 11.7 Å². The van der Waals surface area contributed by atoms with Gasteiger partial charge in [-0.3, -0.25) is 0 Å². The summed E-state index contributed by atoms with van der Waals surface area (Å²) in [5.41, 5.74) is 0.273. The average Bonchev–Trinajstić information content (AvgIpc) is 2.33. The molecule has 0 aliphatic carbocycles. The van der Waals surface area contributed by atoms with E-state index in [0.29, 0.717) is 18.9 Å². The van der Waals surface area contributed by atoms with Gasteiger partial charge in [0.1, 0.15) is 18.0 Å². The fourth-order valence-corrected chi connectivity index (χ4v) is 1.83. The zero-order valence-corrected chi connectivity index (χ0v) is 13.4. The molecule has 0 heterocycles. The van der Waals surface area contributed by atoms with E-state index in [2.05, 4.69) is 27.2 Å². The molecule has 0 aliphatic rings. The van der Waals surface area contributed by atoms with Crippen LogP contribution in [0.2, 0.25) is 0 Å². The van der Waals surface area contributed by atoms with Gasteiger partial charge in [0.15, 0.2) is 0 Å². The Morgan fingerprint density at radius 3 is 2.70 bits per heavy atom. The molecule has 5 heteroatoms. The molecule has 0 spiro atoms. The van der Waals surface area contributed by atoms with Crippen LogP contribution in [0.1, 0.15) is 26.3 Å². The summed E-state index contributed by atoms with van der Waals surface area (Å²) in [7, 11) is 0. The lowest BCUT2D eigenvalue weighted by molar-refractivity contribution is 0.0520. The molecule has 4 nitrogen and oxygen atoms in total. The van der Waals surface area contributed by atoms with Crippen molar-refractivity contribution in [1.29, 1.82) is 0 Å². The summed E-state index contributed by atoms with van der Waals surface area (Å²) < 4.78 is 11.4. The Balaban J connectivity index is 2.35. The third kappa shape index (κ3) is 5.98. The number of hydrogen-bond acceptors (Lipinski definition) is 3. The first-order chi connectivity index (χ1) is 9.31. The molecule has 20 heavy (non-hydrogen) atoms. The molecule has 1 rings (SSSR count). The van der Waals surface area contributed by atoms with E-state index in [9.17, 15) is 4.79 Å². The van der Waals surface area contributed by atoms with E-state index in [4.69, 9.17) is 15.9 Å². The quantitative estimate of drug-likeness (QED) is 0.676. The van der Waals surface area contributed by atoms with Crippen LogP contribution in [0.5, 0.6) is 5.75 Å². The summed E-state index contributed by atoms with van der Waals surface area (Å²) in [5, 5.41) is 2.62. The number of ether oxygens (including phenoxy) is 2. The van der Waals surface area contributed by atoms with Crippen LogP contribution in [0.4, 0.5) is 4.79 Å². The molecular weight excluding hydrogens is 322 g/mol. The third-order valence-corrected chi connectivity index (χ3v) is 2.75. The van der Waals surface area contributed by atoms with Gasteiger partial charge in [0, 0.05) is 5.56 Å². The molecule has 1 N–H and O–H groups in total. The average molecular weight is 340 g/mol. The highest BCUT2D eigenvalue weighted by atomic mass is 79.9. The molecule has 1 aromatic rings. The number of rotatable bonds is 4. The molecule has 0 saturated carbocycles. The van der Waals surface area contributed by atoms with Crippen molar-refractivity contribution >= 4 is 22.0 Å². The topological polar surface area (TPSA) is 47.6 Å². The van der Waals surface area contributed by atoms with Gasteiger partial charge in [0.05, 0.1) is 11.0 Å². The zero-order chi connectivity index (χ0) is 15.2. The summed E-state index contributed by atoms with van der Waals surface area (Å²) >= 11 is 3.38. The first kappa shape index (κ1) is 16.4. The van der Waals surface area contributed by atoms with Crippen LogP contribution in [0.25, 0.3) is 0 Å². The molecule has 0 radical (unpaired) electrons. The van der Waals surface area contributed by atoms with Gasteiger partial charge >= 0.3 is 6.09 Å². The van der Waals surface area contributed by atoms with Crippen LogP contribution in [-0.2, 0) is 4.74 Å². The Kier molecular flexibility index (Phi) is 5.90. The van der Waals surface area contributed by atoms with Crippen molar-refractivity contribution < 1.29 is 14.3 Å². The Hall–Kier alpha value is -1.67. The smallest absolute Gasteiger partial charge is 0.407 e. The molecule has 1 aromatic carbocycles. The van der Waals surface area contributed by atoms with Gasteiger partial charge in [-0.05, 0) is 54.9 Å². The summed E-state index contributed by atoms with van der Waals surface area (Å²) in [6, 6.07) is 5.38. The number of nitrogens with one attached hydrogen (secondary N) is 1. The summed E-state index contributed by atoms with van der Waals surface area (Å²) in [5.74, 6) is 3.22. The molecule has 0 saturated heterocycles. The number of benzene rings is 1. The lowest BCUT2D eigenvalue weighted by Gasteiger charge is -2.19. The highest BCUT2D eigenvalue weighted by Crippen LogP contribution is 2.25. The van der Waals surface area contributed by atoms with Crippen LogP contribution in [0, 0.1) is 12.3 Å². The second-order valence-electron chi connectivity index (χ2n) is 5.07. The molecule has 0 aromatic heterocycles. The van der Waals surface area contributed by atoms with Crippen LogP contribution >= 0.6 is 15.9 Å². The summed E-state index contributed by atoms with van der Waals surface area (Å²) in [6.07, 6.45) is 4.85. The Morgan fingerprint density at radius 2 is 2.15 bits per heavy atom. The highest BCUT2D eigenvalue weighted by Gasteiger charge is 2.15. The van der Waals surface area contributed by atoms with E-state index >= 15 is 0 Å². The summed E-state index contributed by atoms with van der Waals surface area (Å²) in [6.45, 7) is 6.14. The monoisotopic (exact) mass is 339 g/mol. The molecule has 0 atom stereocenters. The molecule has 0 bridgehead atoms. The predicted molar refractivity (Wildman–Crippen MR) is 81.8 cm³/mol. The Labute approximate surface area is 128 Å². The molecule has 1 amide bonds. The minimum Gasteiger partial charge on any atom is -0.491 e. The predicted octanol–water partition coefficient (Wildman–Crippen LogP) is 3.33. The maximum atomic E-state index is 11.4. The van der Waals surface area contributed by atoms with E-state index in [1.807, 2.05) is 20.8 Å². The first-order valence-corrected chi connectivity index (χ1v) is 6.97. The SMILES string of the molecule is C#Cc1ccc(OCCNC(=O)OC(C)(C)C)c(Br)c1. The minimum atomic E-state index is -0.501. The van der Waals surface area contributed by atoms with E-state index in [-0.39, 0.29) is 0 Å². The van der Waals surface area contributed by atoms with Gasteiger partial charge in [0.25, 0.3) is 0 Å². The molecule has 108 valence electrons. The number of carbonyl (C=O) groups excluding carboxylic acids is 1. The van der Waals surface area contributed by atoms with Crippen molar-refractivity contribution in [1.82, 2.24) is 5.32 Å². The van der Waals surface area contributed by atoms with Crippen molar-refractivity contribution in [3.8, 4) is 18.1 Å². The van der Waals surface area contributed by atoms with Crippen LogP contribution < -0.4 is 10.1 Å².